The summed E-state index contributed by atoms with van der Waals surface area (Å²) in [6, 6.07) is 25.3. The Kier molecular flexibility index (Phi) is 8.29. The molecule has 180 valence electrons. The number of halogens is 1. The van der Waals surface area contributed by atoms with Crippen molar-refractivity contribution in [3.05, 3.63) is 106 Å². The van der Waals surface area contributed by atoms with Gasteiger partial charge in [-0.05, 0) is 36.6 Å². The van der Waals surface area contributed by atoms with E-state index in [-0.39, 0.29) is 18.6 Å². The normalized spacial score (nSPS) is 11.9. The summed E-state index contributed by atoms with van der Waals surface area (Å²) < 4.78 is 11.2. The van der Waals surface area contributed by atoms with E-state index in [1.807, 2.05) is 92.7 Å². The molecular formula is C28H28ClN3O3. The van der Waals surface area contributed by atoms with Gasteiger partial charge in [0.15, 0.2) is 0 Å². The molecule has 0 fully saturated rings. The number of aryl methyl sites for hydroxylation is 1. The maximum Gasteiger partial charge on any atom is 0.249 e. The summed E-state index contributed by atoms with van der Waals surface area (Å²) in [4.78, 5) is 19.5. The molecule has 35 heavy (non-hydrogen) atoms. The molecule has 4 rings (SSSR count). The number of aromatic nitrogens is 2. The summed E-state index contributed by atoms with van der Waals surface area (Å²) in [6.45, 7) is 4.74. The minimum absolute atomic E-state index is 0.0109. The number of benzene rings is 3. The predicted octanol–water partition coefficient (Wildman–Crippen LogP) is 6.05. The monoisotopic (exact) mass is 489 g/mol. The van der Waals surface area contributed by atoms with Crippen molar-refractivity contribution in [3.63, 3.8) is 0 Å². The average Bonchev–Trinajstić information content (AvgIpc) is 3.36. The molecule has 6 nitrogen and oxygen atoms in total. The van der Waals surface area contributed by atoms with E-state index >= 15 is 0 Å². The molecule has 1 atom stereocenters. The number of carbonyl (C=O) groups is 1. The summed E-state index contributed by atoms with van der Waals surface area (Å²) >= 11 is 6.24. The highest BCUT2D eigenvalue weighted by Gasteiger charge is 2.22. The van der Waals surface area contributed by atoms with Crippen LogP contribution in [0.1, 0.15) is 35.5 Å². The third-order valence-electron chi connectivity index (χ3n) is 5.87. The number of nitrogens with zero attached hydrogens (tertiary/aromatic N) is 3. The molecule has 0 unspecified atom stereocenters. The molecule has 4 aromatic rings. The summed E-state index contributed by atoms with van der Waals surface area (Å²) in [5.41, 5.74) is 3.84. The molecule has 1 amide bonds. The Morgan fingerprint density at radius 2 is 1.77 bits per heavy atom. The van der Waals surface area contributed by atoms with Gasteiger partial charge in [0.2, 0.25) is 17.6 Å². The van der Waals surface area contributed by atoms with Crippen molar-refractivity contribution in [2.45, 2.75) is 32.9 Å². The standard InChI is InChI=1S/C28H28ClN3O3/c1-20-13-14-24(17-25(20)29)28-30-26(35-31-28)15-16-32(21(2)23-11-7-4-8-12-23)27(33)19-34-18-22-9-5-3-6-10-22/h3-14,17,21H,15-16,18-19H2,1-2H3/t21-/m0/s1. The second-order valence-electron chi connectivity index (χ2n) is 8.38. The van der Waals surface area contributed by atoms with Crippen LogP contribution < -0.4 is 0 Å². The van der Waals surface area contributed by atoms with Crippen molar-refractivity contribution in [3.8, 4) is 11.4 Å². The van der Waals surface area contributed by atoms with Crippen LogP contribution in [0, 0.1) is 6.92 Å². The van der Waals surface area contributed by atoms with Crippen LogP contribution in [0.3, 0.4) is 0 Å². The number of rotatable bonds is 10. The van der Waals surface area contributed by atoms with E-state index in [0.29, 0.717) is 36.3 Å². The molecule has 0 aliphatic carbocycles. The van der Waals surface area contributed by atoms with Crippen molar-refractivity contribution < 1.29 is 14.1 Å². The highest BCUT2D eigenvalue weighted by atomic mass is 35.5. The Morgan fingerprint density at radius 1 is 1.06 bits per heavy atom. The minimum Gasteiger partial charge on any atom is -0.367 e. The Labute approximate surface area is 210 Å². The Balaban J connectivity index is 1.43. The zero-order valence-corrected chi connectivity index (χ0v) is 20.6. The maximum absolute atomic E-state index is 13.2. The Morgan fingerprint density at radius 3 is 2.49 bits per heavy atom. The van der Waals surface area contributed by atoms with Gasteiger partial charge in [0.25, 0.3) is 0 Å². The highest BCUT2D eigenvalue weighted by Crippen LogP contribution is 2.24. The van der Waals surface area contributed by atoms with Gasteiger partial charge >= 0.3 is 0 Å². The van der Waals surface area contributed by atoms with E-state index in [4.69, 9.17) is 20.9 Å². The van der Waals surface area contributed by atoms with Crippen molar-refractivity contribution in [1.29, 1.82) is 0 Å². The van der Waals surface area contributed by atoms with Crippen LogP contribution >= 0.6 is 11.6 Å². The maximum atomic E-state index is 13.2. The summed E-state index contributed by atoms with van der Waals surface area (Å²) in [6.07, 6.45) is 0.425. The average molecular weight is 490 g/mol. The van der Waals surface area contributed by atoms with E-state index in [0.717, 1.165) is 22.3 Å². The third kappa shape index (κ3) is 6.56. The quantitative estimate of drug-likeness (QED) is 0.271. The van der Waals surface area contributed by atoms with Crippen LogP contribution in [0.15, 0.2) is 83.4 Å². The first-order valence-corrected chi connectivity index (χ1v) is 11.9. The second-order valence-corrected chi connectivity index (χ2v) is 8.79. The topological polar surface area (TPSA) is 68.5 Å². The van der Waals surface area contributed by atoms with Gasteiger partial charge in [-0.25, -0.2) is 0 Å². The van der Waals surface area contributed by atoms with Crippen molar-refractivity contribution >= 4 is 17.5 Å². The fourth-order valence-corrected chi connectivity index (χ4v) is 3.96. The minimum atomic E-state index is -0.137. The van der Waals surface area contributed by atoms with E-state index < -0.39 is 0 Å². The number of hydrogen-bond acceptors (Lipinski definition) is 5. The predicted molar refractivity (Wildman–Crippen MR) is 136 cm³/mol. The largest absolute Gasteiger partial charge is 0.367 e. The molecule has 1 aromatic heterocycles. The van der Waals surface area contributed by atoms with Crippen molar-refractivity contribution in [2.75, 3.05) is 13.2 Å². The summed E-state index contributed by atoms with van der Waals surface area (Å²) in [5.74, 6) is 0.837. The first kappa shape index (κ1) is 24.6. The fourth-order valence-electron chi connectivity index (χ4n) is 3.78. The molecule has 1 heterocycles. The molecule has 7 heteroatoms. The molecule has 0 radical (unpaired) electrons. The molecule has 0 bridgehead atoms. The van der Waals surface area contributed by atoms with Crippen LogP contribution in [-0.2, 0) is 22.6 Å². The lowest BCUT2D eigenvalue weighted by atomic mass is 10.1. The van der Waals surface area contributed by atoms with E-state index in [9.17, 15) is 4.79 Å². The first-order valence-electron chi connectivity index (χ1n) is 11.6. The van der Waals surface area contributed by atoms with Gasteiger partial charge in [-0.3, -0.25) is 4.79 Å². The smallest absolute Gasteiger partial charge is 0.249 e. The van der Waals surface area contributed by atoms with Gasteiger partial charge < -0.3 is 14.2 Å². The van der Waals surface area contributed by atoms with E-state index in [2.05, 4.69) is 10.1 Å². The summed E-state index contributed by atoms with van der Waals surface area (Å²) in [7, 11) is 0. The van der Waals surface area contributed by atoms with Crippen LogP contribution in [0.2, 0.25) is 5.02 Å². The van der Waals surface area contributed by atoms with Gasteiger partial charge in [0.1, 0.15) is 6.61 Å². The van der Waals surface area contributed by atoms with Crippen LogP contribution in [0.25, 0.3) is 11.4 Å². The van der Waals surface area contributed by atoms with Gasteiger partial charge in [0, 0.05) is 23.6 Å². The molecule has 0 N–H and O–H groups in total. The molecule has 0 saturated heterocycles. The van der Waals surface area contributed by atoms with Crippen molar-refractivity contribution in [1.82, 2.24) is 15.0 Å². The number of hydrogen-bond donors (Lipinski definition) is 0. The van der Waals surface area contributed by atoms with E-state index in [1.165, 1.54) is 0 Å². The second kappa shape index (κ2) is 11.8. The molecular weight excluding hydrogens is 462 g/mol. The lowest BCUT2D eigenvalue weighted by Gasteiger charge is -2.29. The number of ether oxygens (including phenoxy) is 1. The lowest BCUT2D eigenvalue weighted by molar-refractivity contribution is -0.138. The molecule has 0 aliphatic heterocycles. The van der Waals surface area contributed by atoms with Gasteiger partial charge in [-0.1, -0.05) is 89.6 Å². The Hall–Kier alpha value is -3.48. The van der Waals surface area contributed by atoms with E-state index in [1.54, 1.807) is 4.90 Å². The number of carbonyl (C=O) groups excluding carboxylic acids is 1. The Bertz CT molecular complexity index is 1240. The fraction of sp³-hybridized carbons (Fsp3) is 0.250. The van der Waals surface area contributed by atoms with Gasteiger partial charge in [-0.15, -0.1) is 0 Å². The molecule has 3 aromatic carbocycles. The van der Waals surface area contributed by atoms with Crippen molar-refractivity contribution in [2.24, 2.45) is 0 Å². The first-order chi connectivity index (χ1) is 17.0. The molecule has 0 aliphatic rings. The highest BCUT2D eigenvalue weighted by molar-refractivity contribution is 6.31. The SMILES string of the molecule is Cc1ccc(-c2noc(CCN(C(=O)COCc3ccccc3)[C@@H](C)c3ccccc3)n2)cc1Cl. The van der Waals surface area contributed by atoms with Crippen LogP contribution in [-0.4, -0.2) is 34.1 Å². The molecule has 0 saturated carbocycles. The third-order valence-corrected chi connectivity index (χ3v) is 6.28. The zero-order chi connectivity index (χ0) is 24.6. The van der Waals surface area contributed by atoms with Crippen LogP contribution in [0.4, 0.5) is 0 Å². The zero-order valence-electron chi connectivity index (χ0n) is 19.9. The molecule has 0 spiro atoms. The lowest BCUT2D eigenvalue weighted by Crippen LogP contribution is -2.37. The van der Waals surface area contributed by atoms with Gasteiger partial charge in [0.05, 0.1) is 12.6 Å². The number of amides is 1. The summed E-state index contributed by atoms with van der Waals surface area (Å²) in [5, 5.41) is 4.74. The van der Waals surface area contributed by atoms with Gasteiger partial charge in [-0.2, -0.15) is 4.98 Å². The van der Waals surface area contributed by atoms with Crippen LogP contribution in [0.5, 0.6) is 0 Å².